The monoisotopic (exact) mass is 349 g/mol. The van der Waals surface area contributed by atoms with Gasteiger partial charge < -0.3 is 5.32 Å². The molecule has 0 bridgehead atoms. The summed E-state index contributed by atoms with van der Waals surface area (Å²) in [5.41, 5.74) is 4.05. The summed E-state index contributed by atoms with van der Waals surface area (Å²) in [5.74, 6) is -0.0236. The second kappa shape index (κ2) is 7.41. The number of hydrogen-bond acceptors (Lipinski definition) is 2. The maximum atomic E-state index is 12.0. The van der Waals surface area contributed by atoms with E-state index in [2.05, 4.69) is 32.4 Å². The minimum Gasteiger partial charge on any atom is -0.352 e. The van der Waals surface area contributed by atoms with Gasteiger partial charge in [-0.2, -0.15) is 5.10 Å². The Bertz CT molecular complexity index is 604. The minimum absolute atomic E-state index is 0.0236. The summed E-state index contributed by atoms with van der Waals surface area (Å²) in [6, 6.07) is 9.68. The number of nitrogens with one attached hydrogen (secondary N) is 1. The van der Waals surface area contributed by atoms with Crippen LogP contribution in [0.5, 0.6) is 0 Å². The molecule has 0 unspecified atom stereocenters. The highest BCUT2D eigenvalue weighted by Crippen LogP contribution is 2.08. The number of carbonyl (C=O) groups excluding carboxylic acids is 1. The minimum atomic E-state index is -0.0236. The molecule has 1 heterocycles. The topological polar surface area (TPSA) is 46.9 Å². The molecule has 1 aromatic heterocycles. The smallest absolute Gasteiger partial charge is 0.251 e. The first kappa shape index (κ1) is 15.8. The van der Waals surface area contributed by atoms with E-state index in [4.69, 9.17) is 0 Å². The molecule has 4 nitrogen and oxygen atoms in total. The molecule has 0 saturated heterocycles. The first-order valence-electron chi connectivity index (χ1n) is 7.04. The molecule has 1 aromatic carbocycles. The predicted molar refractivity (Wildman–Crippen MR) is 87.7 cm³/mol. The van der Waals surface area contributed by atoms with Crippen LogP contribution in [0.25, 0.3) is 0 Å². The molecular weight excluding hydrogens is 330 g/mol. The fourth-order valence-electron chi connectivity index (χ4n) is 2.18. The van der Waals surface area contributed by atoms with E-state index in [0.29, 0.717) is 12.1 Å². The Kier molecular flexibility index (Phi) is 5.56. The molecule has 0 aliphatic rings. The maximum absolute atomic E-state index is 12.0. The highest BCUT2D eigenvalue weighted by Gasteiger charge is 2.05. The molecule has 5 heteroatoms. The van der Waals surface area contributed by atoms with Gasteiger partial charge in [-0.1, -0.05) is 28.1 Å². The molecule has 0 spiro atoms. The van der Waals surface area contributed by atoms with Gasteiger partial charge in [-0.05, 0) is 44.0 Å². The second-order valence-corrected chi connectivity index (χ2v) is 5.65. The third kappa shape index (κ3) is 4.43. The SMILES string of the molecule is Cc1cc(C)n(CCCNC(=O)c2ccc(CBr)cc2)n1. The van der Waals surface area contributed by atoms with Crippen LogP contribution < -0.4 is 5.32 Å². The Morgan fingerprint density at radius 1 is 1.29 bits per heavy atom. The predicted octanol–water partition coefficient (Wildman–Crippen LogP) is 3.21. The van der Waals surface area contributed by atoms with E-state index in [0.717, 1.165) is 35.2 Å². The van der Waals surface area contributed by atoms with Crippen molar-refractivity contribution in [3.05, 3.63) is 52.8 Å². The van der Waals surface area contributed by atoms with Crippen molar-refractivity contribution in [1.29, 1.82) is 0 Å². The van der Waals surface area contributed by atoms with Gasteiger partial charge in [-0.25, -0.2) is 0 Å². The Hall–Kier alpha value is -1.62. The fourth-order valence-corrected chi connectivity index (χ4v) is 2.55. The summed E-state index contributed by atoms with van der Waals surface area (Å²) in [4.78, 5) is 12.0. The third-order valence-electron chi connectivity index (χ3n) is 3.31. The molecule has 0 fully saturated rings. The zero-order valence-corrected chi connectivity index (χ0v) is 14.0. The number of amides is 1. The molecule has 0 saturated carbocycles. The van der Waals surface area contributed by atoms with Gasteiger partial charge in [-0.15, -0.1) is 0 Å². The van der Waals surface area contributed by atoms with Gasteiger partial charge in [0.15, 0.2) is 0 Å². The van der Waals surface area contributed by atoms with Gasteiger partial charge in [0.1, 0.15) is 0 Å². The lowest BCUT2D eigenvalue weighted by atomic mass is 10.1. The van der Waals surface area contributed by atoms with Crippen LogP contribution in [0, 0.1) is 13.8 Å². The van der Waals surface area contributed by atoms with Crippen LogP contribution in [0.2, 0.25) is 0 Å². The summed E-state index contributed by atoms with van der Waals surface area (Å²) < 4.78 is 1.98. The van der Waals surface area contributed by atoms with Crippen LogP contribution in [-0.4, -0.2) is 22.2 Å². The van der Waals surface area contributed by atoms with Crippen LogP contribution in [0.4, 0.5) is 0 Å². The molecule has 0 radical (unpaired) electrons. The van der Waals surface area contributed by atoms with Gasteiger partial charge >= 0.3 is 0 Å². The number of nitrogens with zero attached hydrogens (tertiary/aromatic N) is 2. The maximum Gasteiger partial charge on any atom is 0.251 e. The van der Waals surface area contributed by atoms with Crippen molar-refractivity contribution in [1.82, 2.24) is 15.1 Å². The average molecular weight is 350 g/mol. The van der Waals surface area contributed by atoms with Gasteiger partial charge in [0.2, 0.25) is 0 Å². The zero-order chi connectivity index (χ0) is 15.2. The van der Waals surface area contributed by atoms with Crippen molar-refractivity contribution in [2.45, 2.75) is 32.1 Å². The zero-order valence-electron chi connectivity index (χ0n) is 12.4. The van der Waals surface area contributed by atoms with Gasteiger partial charge in [0.05, 0.1) is 5.69 Å². The van der Waals surface area contributed by atoms with Crippen molar-refractivity contribution in [2.24, 2.45) is 0 Å². The Balaban J connectivity index is 1.77. The molecule has 2 aromatic rings. The number of benzene rings is 1. The van der Waals surface area contributed by atoms with Gasteiger partial charge in [0.25, 0.3) is 5.91 Å². The molecular formula is C16H20BrN3O. The lowest BCUT2D eigenvalue weighted by molar-refractivity contribution is 0.0952. The van der Waals surface area contributed by atoms with Crippen LogP contribution in [0.15, 0.2) is 30.3 Å². The van der Waals surface area contributed by atoms with Crippen molar-refractivity contribution in [3.8, 4) is 0 Å². The Morgan fingerprint density at radius 3 is 2.57 bits per heavy atom. The summed E-state index contributed by atoms with van der Waals surface area (Å²) >= 11 is 3.39. The second-order valence-electron chi connectivity index (χ2n) is 5.09. The van der Waals surface area contributed by atoms with Crippen molar-refractivity contribution < 1.29 is 4.79 Å². The molecule has 0 aliphatic heterocycles. The van der Waals surface area contributed by atoms with E-state index in [1.807, 2.05) is 42.8 Å². The van der Waals surface area contributed by atoms with E-state index in [-0.39, 0.29) is 5.91 Å². The van der Waals surface area contributed by atoms with E-state index in [1.54, 1.807) is 0 Å². The number of alkyl halides is 1. The Labute approximate surface area is 133 Å². The van der Waals surface area contributed by atoms with E-state index in [1.165, 1.54) is 0 Å². The number of halogens is 1. The summed E-state index contributed by atoms with van der Waals surface area (Å²) in [6.07, 6.45) is 0.868. The normalized spacial score (nSPS) is 10.6. The first-order chi connectivity index (χ1) is 10.1. The number of hydrogen-bond donors (Lipinski definition) is 1. The van der Waals surface area contributed by atoms with E-state index >= 15 is 0 Å². The quantitative estimate of drug-likeness (QED) is 0.642. The molecule has 0 aliphatic carbocycles. The van der Waals surface area contributed by atoms with Gasteiger partial charge in [-0.3, -0.25) is 9.48 Å². The molecule has 0 atom stereocenters. The molecule has 1 amide bonds. The average Bonchev–Trinajstić information content (AvgIpc) is 2.81. The number of carbonyl (C=O) groups is 1. The molecule has 21 heavy (non-hydrogen) atoms. The van der Waals surface area contributed by atoms with Crippen LogP contribution in [0.3, 0.4) is 0 Å². The number of rotatable bonds is 6. The van der Waals surface area contributed by atoms with E-state index in [9.17, 15) is 4.79 Å². The van der Waals surface area contributed by atoms with Crippen LogP contribution in [-0.2, 0) is 11.9 Å². The lowest BCUT2D eigenvalue weighted by Crippen LogP contribution is -2.25. The van der Waals surface area contributed by atoms with Crippen LogP contribution in [0.1, 0.15) is 33.7 Å². The highest BCUT2D eigenvalue weighted by molar-refractivity contribution is 9.08. The van der Waals surface area contributed by atoms with E-state index < -0.39 is 0 Å². The van der Waals surface area contributed by atoms with Crippen molar-refractivity contribution in [2.75, 3.05) is 6.54 Å². The molecule has 1 N–H and O–H groups in total. The van der Waals surface area contributed by atoms with Crippen molar-refractivity contribution >= 4 is 21.8 Å². The molecule has 112 valence electrons. The summed E-state index contributed by atoms with van der Waals surface area (Å²) in [6.45, 7) is 5.51. The first-order valence-corrected chi connectivity index (χ1v) is 8.16. The fraction of sp³-hybridized carbons (Fsp3) is 0.375. The lowest BCUT2D eigenvalue weighted by Gasteiger charge is -2.07. The molecule has 2 rings (SSSR count). The Morgan fingerprint density at radius 2 is 2.00 bits per heavy atom. The number of aryl methyl sites for hydroxylation is 3. The van der Waals surface area contributed by atoms with Crippen molar-refractivity contribution in [3.63, 3.8) is 0 Å². The standard InChI is InChI=1S/C16H20BrN3O/c1-12-10-13(2)20(19-12)9-3-8-18-16(21)15-6-4-14(11-17)5-7-15/h4-7,10H,3,8-9,11H2,1-2H3,(H,18,21). The third-order valence-corrected chi connectivity index (χ3v) is 3.95. The number of aromatic nitrogens is 2. The summed E-state index contributed by atoms with van der Waals surface area (Å²) in [7, 11) is 0. The summed E-state index contributed by atoms with van der Waals surface area (Å²) in [5, 5.41) is 8.15. The van der Waals surface area contributed by atoms with Crippen LogP contribution >= 0.6 is 15.9 Å². The highest BCUT2D eigenvalue weighted by atomic mass is 79.9. The largest absolute Gasteiger partial charge is 0.352 e. The van der Waals surface area contributed by atoms with Gasteiger partial charge in [0, 0.05) is 29.7 Å².